The summed E-state index contributed by atoms with van der Waals surface area (Å²) in [4.78, 5) is 16.9. The number of hydrogen-bond acceptors (Lipinski definition) is 7. The Kier molecular flexibility index (Phi) is 6.33. The number of hydrogen-bond donors (Lipinski definition) is 1. The molecule has 0 radical (unpaired) electrons. The molecule has 1 amide bonds. The van der Waals surface area contributed by atoms with E-state index < -0.39 is 0 Å². The molecule has 2 aromatic carbocycles. The van der Waals surface area contributed by atoms with E-state index in [4.69, 9.17) is 0 Å². The van der Waals surface area contributed by atoms with Crippen molar-refractivity contribution in [2.24, 2.45) is 0 Å². The number of nitrogens with zero attached hydrogens (tertiary/aromatic N) is 3. The summed E-state index contributed by atoms with van der Waals surface area (Å²) in [5, 5.41) is 14.4. The lowest BCUT2D eigenvalue weighted by Crippen LogP contribution is -2.14. The van der Waals surface area contributed by atoms with Gasteiger partial charge >= 0.3 is 0 Å². The van der Waals surface area contributed by atoms with Crippen molar-refractivity contribution in [2.75, 3.05) is 5.32 Å². The second kappa shape index (κ2) is 9.30. The molecule has 29 heavy (non-hydrogen) atoms. The zero-order chi connectivity index (χ0) is 20.1. The Balaban J connectivity index is 1.32. The molecule has 1 N–H and O–H groups in total. The van der Waals surface area contributed by atoms with Crippen LogP contribution in [0.3, 0.4) is 0 Å². The van der Waals surface area contributed by atoms with Crippen LogP contribution in [0.25, 0.3) is 10.6 Å². The van der Waals surface area contributed by atoms with Crippen LogP contribution in [0.5, 0.6) is 0 Å². The van der Waals surface area contributed by atoms with Gasteiger partial charge in [0.05, 0.1) is 12.1 Å². The molecule has 4 rings (SSSR count). The van der Waals surface area contributed by atoms with E-state index in [0.29, 0.717) is 5.13 Å². The maximum absolute atomic E-state index is 12.4. The first-order chi connectivity index (χ1) is 14.2. The largest absolute Gasteiger partial charge is 0.300 e. The lowest BCUT2D eigenvalue weighted by molar-refractivity contribution is -0.115. The molecule has 5 nitrogen and oxygen atoms in total. The average molecular weight is 439 g/mol. The van der Waals surface area contributed by atoms with Gasteiger partial charge in [-0.1, -0.05) is 77.2 Å². The number of rotatable bonds is 7. The van der Waals surface area contributed by atoms with E-state index in [-0.39, 0.29) is 12.3 Å². The summed E-state index contributed by atoms with van der Waals surface area (Å²) in [6.45, 7) is 2.06. The van der Waals surface area contributed by atoms with Crippen LogP contribution in [0.15, 0.2) is 64.3 Å². The Morgan fingerprint density at radius 3 is 2.79 bits per heavy atom. The molecule has 146 valence electrons. The van der Waals surface area contributed by atoms with E-state index in [1.807, 2.05) is 35.7 Å². The Morgan fingerprint density at radius 1 is 1.10 bits per heavy atom. The van der Waals surface area contributed by atoms with Crippen molar-refractivity contribution in [3.05, 3.63) is 76.8 Å². The highest BCUT2D eigenvalue weighted by Crippen LogP contribution is 2.28. The Labute approximate surface area is 181 Å². The summed E-state index contributed by atoms with van der Waals surface area (Å²) >= 11 is 4.54. The molecule has 8 heteroatoms. The van der Waals surface area contributed by atoms with Crippen molar-refractivity contribution in [2.45, 2.75) is 23.4 Å². The third kappa shape index (κ3) is 5.50. The van der Waals surface area contributed by atoms with Crippen LogP contribution in [-0.2, 0) is 17.0 Å². The van der Waals surface area contributed by atoms with E-state index in [1.54, 1.807) is 23.1 Å². The fourth-order valence-corrected chi connectivity index (χ4v) is 5.21. The number of anilines is 1. The molecule has 0 saturated heterocycles. The third-order valence-corrected chi connectivity index (χ3v) is 7.00. The minimum atomic E-state index is -0.137. The standard InChI is InChI=1S/C21H18N4OS3/c1-14-6-5-9-16(10-14)19-22-17(13-27-19)11-18(26)23-20-24-25-21(29-20)28-12-15-7-3-2-4-8-15/h2-10,13H,11-12H2,1H3,(H,23,24,26). The van der Waals surface area contributed by atoms with Crippen LogP contribution in [0.1, 0.15) is 16.8 Å². The maximum atomic E-state index is 12.4. The van der Waals surface area contributed by atoms with Crippen molar-refractivity contribution in [1.29, 1.82) is 0 Å². The van der Waals surface area contributed by atoms with E-state index in [2.05, 4.69) is 51.7 Å². The molecular weight excluding hydrogens is 420 g/mol. The van der Waals surface area contributed by atoms with Crippen LogP contribution >= 0.6 is 34.4 Å². The molecule has 4 aromatic rings. The highest BCUT2D eigenvalue weighted by Gasteiger charge is 2.12. The van der Waals surface area contributed by atoms with Gasteiger partial charge in [-0.25, -0.2) is 4.98 Å². The van der Waals surface area contributed by atoms with Gasteiger partial charge in [-0.05, 0) is 18.6 Å². The smallest absolute Gasteiger partial charge is 0.232 e. The predicted molar refractivity (Wildman–Crippen MR) is 121 cm³/mol. The molecule has 0 aliphatic carbocycles. The highest BCUT2D eigenvalue weighted by molar-refractivity contribution is 8.00. The van der Waals surface area contributed by atoms with Gasteiger partial charge in [-0.2, -0.15) is 0 Å². The van der Waals surface area contributed by atoms with E-state index in [1.165, 1.54) is 22.5 Å². The van der Waals surface area contributed by atoms with Gasteiger partial charge in [0, 0.05) is 16.7 Å². The summed E-state index contributed by atoms with van der Waals surface area (Å²) in [5.74, 6) is 0.686. The number of carbonyl (C=O) groups is 1. The van der Waals surface area contributed by atoms with Crippen LogP contribution in [0, 0.1) is 6.92 Å². The SMILES string of the molecule is Cc1cccc(-c2nc(CC(=O)Nc3nnc(SCc4ccccc4)s3)cs2)c1. The van der Waals surface area contributed by atoms with E-state index >= 15 is 0 Å². The first-order valence-corrected chi connectivity index (χ1v) is 11.7. The first-order valence-electron chi connectivity index (χ1n) is 8.97. The molecule has 0 bridgehead atoms. The van der Waals surface area contributed by atoms with Crippen LogP contribution in [-0.4, -0.2) is 21.1 Å². The Morgan fingerprint density at radius 2 is 1.97 bits per heavy atom. The Hall–Kier alpha value is -2.55. The molecular formula is C21H18N4OS3. The second-order valence-corrected chi connectivity index (χ2v) is 9.44. The van der Waals surface area contributed by atoms with Gasteiger partial charge < -0.3 is 5.32 Å². The molecule has 2 aromatic heterocycles. The lowest BCUT2D eigenvalue weighted by Gasteiger charge is -1.99. The van der Waals surface area contributed by atoms with E-state index in [9.17, 15) is 4.79 Å². The number of aryl methyl sites for hydroxylation is 1. The van der Waals surface area contributed by atoms with Gasteiger partial charge in [0.1, 0.15) is 5.01 Å². The van der Waals surface area contributed by atoms with Crippen LogP contribution < -0.4 is 5.32 Å². The van der Waals surface area contributed by atoms with Crippen molar-refractivity contribution < 1.29 is 4.79 Å². The number of thiazole rings is 1. The molecule has 0 spiro atoms. The van der Waals surface area contributed by atoms with Crippen molar-refractivity contribution in [3.8, 4) is 10.6 Å². The summed E-state index contributed by atoms with van der Waals surface area (Å²) in [7, 11) is 0. The van der Waals surface area contributed by atoms with Crippen molar-refractivity contribution in [3.63, 3.8) is 0 Å². The highest BCUT2D eigenvalue weighted by atomic mass is 32.2. The monoisotopic (exact) mass is 438 g/mol. The summed E-state index contributed by atoms with van der Waals surface area (Å²) < 4.78 is 0.833. The number of carbonyl (C=O) groups excluding carboxylic acids is 1. The minimum Gasteiger partial charge on any atom is -0.300 e. The molecule has 0 atom stereocenters. The number of amides is 1. The Bertz CT molecular complexity index is 1110. The molecule has 0 fully saturated rings. The third-order valence-electron chi connectivity index (χ3n) is 4.02. The number of thioether (sulfide) groups is 1. The van der Waals surface area contributed by atoms with Gasteiger partial charge in [-0.15, -0.1) is 21.5 Å². The summed E-state index contributed by atoms with van der Waals surface area (Å²) in [5.41, 5.74) is 4.25. The van der Waals surface area contributed by atoms with Crippen LogP contribution in [0.4, 0.5) is 5.13 Å². The van der Waals surface area contributed by atoms with Gasteiger partial charge in [0.2, 0.25) is 11.0 Å². The molecule has 0 aliphatic heterocycles. The fraction of sp³-hybridized carbons (Fsp3) is 0.143. The maximum Gasteiger partial charge on any atom is 0.232 e. The molecule has 0 unspecified atom stereocenters. The van der Waals surface area contributed by atoms with Gasteiger partial charge in [0.15, 0.2) is 4.34 Å². The zero-order valence-corrected chi connectivity index (χ0v) is 18.1. The van der Waals surface area contributed by atoms with Crippen molar-refractivity contribution in [1.82, 2.24) is 15.2 Å². The van der Waals surface area contributed by atoms with E-state index in [0.717, 1.165) is 26.4 Å². The summed E-state index contributed by atoms with van der Waals surface area (Å²) in [6.07, 6.45) is 0.217. The lowest BCUT2D eigenvalue weighted by atomic mass is 10.1. The van der Waals surface area contributed by atoms with Crippen LogP contribution in [0.2, 0.25) is 0 Å². The zero-order valence-electron chi connectivity index (χ0n) is 15.7. The van der Waals surface area contributed by atoms with Gasteiger partial charge in [-0.3, -0.25) is 4.79 Å². The topological polar surface area (TPSA) is 67.8 Å². The second-order valence-electron chi connectivity index (χ2n) is 6.39. The molecule has 0 saturated carbocycles. The normalized spacial score (nSPS) is 10.8. The average Bonchev–Trinajstić information content (AvgIpc) is 3.37. The number of benzene rings is 2. The first kappa shape index (κ1) is 19.8. The number of nitrogens with one attached hydrogen (secondary N) is 1. The minimum absolute atomic E-state index is 0.137. The number of aromatic nitrogens is 3. The quantitative estimate of drug-likeness (QED) is 0.307. The summed E-state index contributed by atoms with van der Waals surface area (Å²) in [6, 6.07) is 18.4. The molecule has 0 aliphatic rings. The van der Waals surface area contributed by atoms with Gasteiger partial charge in [0.25, 0.3) is 0 Å². The predicted octanol–water partition coefficient (Wildman–Crippen LogP) is 5.44. The van der Waals surface area contributed by atoms with Crippen molar-refractivity contribution >= 4 is 45.5 Å². The molecule has 2 heterocycles. The fourth-order valence-electron chi connectivity index (χ4n) is 2.66.